The van der Waals surface area contributed by atoms with Gasteiger partial charge in [0.15, 0.2) is 5.75 Å². The molecule has 26 heavy (non-hydrogen) atoms. The van der Waals surface area contributed by atoms with Crippen molar-refractivity contribution in [1.82, 2.24) is 5.32 Å². The highest BCUT2D eigenvalue weighted by Gasteiger charge is 2.18. The van der Waals surface area contributed by atoms with Gasteiger partial charge in [-0.15, -0.1) is 0 Å². The normalized spacial score (nSPS) is 10.1. The van der Waals surface area contributed by atoms with Gasteiger partial charge in [0.1, 0.15) is 18.1 Å². The molecule has 0 bridgehead atoms. The molecule has 8 heteroatoms. The summed E-state index contributed by atoms with van der Waals surface area (Å²) in [6, 6.07) is 11.2. The van der Waals surface area contributed by atoms with Crippen molar-refractivity contribution in [2.75, 3.05) is 26.9 Å². The molecule has 2 aromatic rings. The molecule has 138 valence electrons. The van der Waals surface area contributed by atoms with E-state index in [2.05, 4.69) is 5.32 Å². The Bertz CT molecular complexity index is 778. The van der Waals surface area contributed by atoms with Crippen LogP contribution in [0.5, 0.6) is 17.2 Å². The van der Waals surface area contributed by atoms with Gasteiger partial charge in [-0.3, -0.25) is 14.9 Å². The summed E-state index contributed by atoms with van der Waals surface area (Å²) in [6.45, 7) is 2.52. The van der Waals surface area contributed by atoms with Crippen molar-refractivity contribution < 1.29 is 23.9 Å². The number of ether oxygens (including phenoxy) is 3. The molecular formula is C18H20N2O6. The Labute approximate surface area is 150 Å². The molecule has 0 heterocycles. The quantitative estimate of drug-likeness (QED) is 0.419. The van der Waals surface area contributed by atoms with E-state index in [1.807, 2.05) is 0 Å². The van der Waals surface area contributed by atoms with Crippen molar-refractivity contribution in [3.05, 3.63) is 58.1 Å². The van der Waals surface area contributed by atoms with Crippen LogP contribution in [0.4, 0.5) is 5.69 Å². The zero-order chi connectivity index (χ0) is 18.9. The fraction of sp³-hybridized carbons (Fsp3) is 0.278. The van der Waals surface area contributed by atoms with Crippen LogP contribution < -0.4 is 19.5 Å². The van der Waals surface area contributed by atoms with Gasteiger partial charge in [0.05, 0.1) is 25.2 Å². The molecule has 0 atom stereocenters. The van der Waals surface area contributed by atoms with Crippen LogP contribution >= 0.6 is 0 Å². The lowest BCUT2D eigenvalue weighted by Gasteiger charge is -2.09. The number of nitro benzene ring substituents is 1. The highest BCUT2D eigenvalue weighted by atomic mass is 16.6. The van der Waals surface area contributed by atoms with E-state index in [9.17, 15) is 14.9 Å². The zero-order valence-electron chi connectivity index (χ0n) is 14.6. The summed E-state index contributed by atoms with van der Waals surface area (Å²) in [7, 11) is 1.56. The van der Waals surface area contributed by atoms with E-state index in [0.29, 0.717) is 18.1 Å². The summed E-state index contributed by atoms with van der Waals surface area (Å²) in [5, 5.41) is 13.8. The first-order valence-electron chi connectivity index (χ1n) is 8.01. The molecule has 2 aromatic carbocycles. The minimum atomic E-state index is -0.576. The summed E-state index contributed by atoms with van der Waals surface area (Å²) in [5.74, 6) is 1.00. The Hall–Kier alpha value is -3.29. The summed E-state index contributed by atoms with van der Waals surface area (Å²) < 4.78 is 15.8. The number of nitrogens with zero attached hydrogens (tertiary/aromatic N) is 1. The van der Waals surface area contributed by atoms with E-state index >= 15 is 0 Å². The number of hydrogen-bond acceptors (Lipinski definition) is 6. The molecule has 0 saturated carbocycles. The number of carbonyl (C=O) groups excluding carboxylic acids is 1. The number of hydrogen-bond donors (Lipinski definition) is 1. The lowest BCUT2D eigenvalue weighted by molar-refractivity contribution is -0.385. The molecule has 8 nitrogen and oxygen atoms in total. The largest absolute Gasteiger partial charge is 0.497 e. The second-order valence-electron chi connectivity index (χ2n) is 5.16. The summed E-state index contributed by atoms with van der Waals surface area (Å²) in [5.41, 5.74) is -0.0614. The topological polar surface area (TPSA) is 99.9 Å². The number of amides is 1. The molecule has 0 aliphatic heterocycles. The van der Waals surface area contributed by atoms with Crippen molar-refractivity contribution in [2.45, 2.75) is 6.92 Å². The standard InChI is InChI=1S/C18H20N2O6/c1-3-25-17-8-7-13(11-16(17)20(22)23)18(21)19-9-10-26-15-6-4-5-14(12-15)24-2/h4-8,11-12H,3,9-10H2,1-2H3,(H,19,21). The first kappa shape index (κ1) is 19.0. The molecular weight excluding hydrogens is 340 g/mol. The zero-order valence-corrected chi connectivity index (χ0v) is 14.6. The number of nitro groups is 1. The summed E-state index contributed by atoms with van der Waals surface area (Å²) >= 11 is 0. The predicted octanol–water partition coefficient (Wildman–Crippen LogP) is 2.81. The number of carbonyl (C=O) groups is 1. The molecule has 0 aliphatic carbocycles. The van der Waals surface area contributed by atoms with Crippen molar-refractivity contribution in [3.63, 3.8) is 0 Å². The van der Waals surface area contributed by atoms with Crippen molar-refractivity contribution in [3.8, 4) is 17.2 Å². The molecule has 0 saturated heterocycles. The highest BCUT2D eigenvalue weighted by molar-refractivity contribution is 5.95. The number of nitrogens with one attached hydrogen (secondary N) is 1. The van der Waals surface area contributed by atoms with Crippen LogP contribution in [-0.4, -0.2) is 37.7 Å². The smallest absolute Gasteiger partial charge is 0.311 e. The predicted molar refractivity (Wildman–Crippen MR) is 95.1 cm³/mol. The van der Waals surface area contributed by atoms with Crippen LogP contribution in [0.2, 0.25) is 0 Å². The fourth-order valence-corrected chi connectivity index (χ4v) is 2.21. The number of rotatable bonds is 9. The SMILES string of the molecule is CCOc1ccc(C(=O)NCCOc2cccc(OC)c2)cc1[N+](=O)[O-]. The Balaban J connectivity index is 1.91. The minimum Gasteiger partial charge on any atom is -0.497 e. The van der Waals surface area contributed by atoms with Crippen LogP contribution in [0, 0.1) is 10.1 Å². The van der Waals surface area contributed by atoms with Gasteiger partial charge in [-0.1, -0.05) is 6.07 Å². The van der Waals surface area contributed by atoms with E-state index in [1.165, 1.54) is 18.2 Å². The third-order valence-electron chi connectivity index (χ3n) is 3.42. The Morgan fingerprint density at radius 1 is 1.15 bits per heavy atom. The summed E-state index contributed by atoms with van der Waals surface area (Å²) in [6.07, 6.45) is 0. The van der Waals surface area contributed by atoms with Crippen molar-refractivity contribution in [2.24, 2.45) is 0 Å². The van der Waals surface area contributed by atoms with Crippen LogP contribution in [0.25, 0.3) is 0 Å². The van der Waals surface area contributed by atoms with E-state index in [4.69, 9.17) is 14.2 Å². The third kappa shape index (κ3) is 5.10. The minimum absolute atomic E-state index is 0.135. The highest BCUT2D eigenvalue weighted by Crippen LogP contribution is 2.27. The first-order valence-corrected chi connectivity index (χ1v) is 8.01. The second kappa shape index (κ2) is 9.26. The van der Waals surface area contributed by atoms with Gasteiger partial charge >= 0.3 is 5.69 Å². The van der Waals surface area contributed by atoms with E-state index in [0.717, 1.165) is 0 Å². The van der Waals surface area contributed by atoms with Crippen LogP contribution in [0.15, 0.2) is 42.5 Å². The van der Waals surface area contributed by atoms with Gasteiger partial charge < -0.3 is 19.5 Å². The van der Waals surface area contributed by atoms with Crippen molar-refractivity contribution in [1.29, 1.82) is 0 Å². The van der Waals surface area contributed by atoms with E-state index < -0.39 is 10.8 Å². The summed E-state index contributed by atoms with van der Waals surface area (Å²) in [4.78, 5) is 22.7. The molecule has 0 radical (unpaired) electrons. The second-order valence-corrected chi connectivity index (χ2v) is 5.16. The van der Waals surface area contributed by atoms with Crippen molar-refractivity contribution >= 4 is 11.6 Å². The Morgan fingerprint density at radius 2 is 1.92 bits per heavy atom. The maximum Gasteiger partial charge on any atom is 0.311 e. The van der Waals surface area contributed by atoms with Crippen LogP contribution in [0.3, 0.4) is 0 Å². The fourth-order valence-electron chi connectivity index (χ4n) is 2.21. The molecule has 0 spiro atoms. The molecule has 1 amide bonds. The van der Waals surface area contributed by atoms with Gasteiger partial charge in [-0.2, -0.15) is 0 Å². The molecule has 0 aromatic heterocycles. The van der Waals surface area contributed by atoms with Gasteiger partial charge in [0.2, 0.25) is 0 Å². The molecule has 0 fully saturated rings. The Kier molecular flexibility index (Phi) is 6.78. The third-order valence-corrected chi connectivity index (χ3v) is 3.42. The average molecular weight is 360 g/mol. The van der Waals surface area contributed by atoms with Crippen LogP contribution in [0.1, 0.15) is 17.3 Å². The monoisotopic (exact) mass is 360 g/mol. The van der Waals surface area contributed by atoms with Gasteiger partial charge in [0.25, 0.3) is 5.91 Å². The maximum atomic E-state index is 12.2. The van der Waals surface area contributed by atoms with Crippen LogP contribution in [-0.2, 0) is 0 Å². The molecule has 2 rings (SSSR count). The average Bonchev–Trinajstić information content (AvgIpc) is 2.65. The van der Waals surface area contributed by atoms with Gasteiger partial charge in [-0.25, -0.2) is 0 Å². The number of benzene rings is 2. The lowest BCUT2D eigenvalue weighted by Crippen LogP contribution is -2.28. The lowest BCUT2D eigenvalue weighted by atomic mass is 10.1. The molecule has 0 unspecified atom stereocenters. The Morgan fingerprint density at radius 3 is 2.62 bits per heavy atom. The number of methoxy groups -OCH3 is 1. The molecule has 1 N–H and O–H groups in total. The van der Waals surface area contributed by atoms with E-state index in [1.54, 1.807) is 38.3 Å². The van der Waals surface area contributed by atoms with Gasteiger partial charge in [-0.05, 0) is 31.2 Å². The first-order chi connectivity index (χ1) is 12.5. The maximum absolute atomic E-state index is 12.2. The molecule has 0 aliphatic rings. The van der Waals surface area contributed by atoms with E-state index in [-0.39, 0.29) is 30.2 Å². The van der Waals surface area contributed by atoms with Gasteiger partial charge in [0, 0.05) is 17.7 Å².